The highest BCUT2D eigenvalue weighted by atomic mass is 16.5. The zero-order chi connectivity index (χ0) is 34.6. The van der Waals surface area contributed by atoms with Gasteiger partial charge in [0.05, 0.1) is 19.6 Å². The van der Waals surface area contributed by atoms with E-state index in [2.05, 4.69) is 97.1 Å². The number of benzene rings is 10. The van der Waals surface area contributed by atoms with Crippen LogP contribution in [0.15, 0.2) is 97.1 Å². The number of hydrogen-bond acceptors (Lipinski definition) is 4. The predicted octanol–water partition coefficient (Wildman–Crippen LogP) is 11.1. The van der Waals surface area contributed by atoms with Gasteiger partial charge < -0.3 is 9.47 Å². The summed E-state index contributed by atoms with van der Waals surface area (Å²) in [6.07, 6.45) is 0.496. The van der Waals surface area contributed by atoms with Gasteiger partial charge in [0, 0.05) is 11.8 Å². The van der Waals surface area contributed by atoms with E-state index in [1.807, 2.05) is 0 Å². The fourth-order valence-corrected chi connectivity index (χ4v) is 13.5. The summed E-state index contributed by atoms with van der Waals surface area (Å²) in [5.41, 5.74) is 2.20. The molecule has 3 aliphatic rings. The van der Waals surface area contributed by atoms with Crippen molar-refractivity contribution in [2.24, 2.45) is 5.41 Å². The molecule has 3 aliphatic carbocycles. The summed E-state index contributed by atoms with van der Waals surface area (Å²) in [5.74, 6) is -1.25. The molecule has 0 N–H and O–H groups in total. The summed E-state index contributed by atoms with van der Waals surface area (Å²) < 4.78 is 11.7. The molecule has 2 bridgehead atoms. The lowest BCUT2D eigenvalue weighted by Crippen LogP contribution is -2.40. The van der Waals surface area contributed by atoms with Crippen LogP contribution in [-0.4, -0.2) is 26.2 Å². The van der Waals surface area contributed by atoms with Gasteiger partial charge in [0.15, 0.2) is 0 Å². The Hall–Kier alpha value is -6.26. The third-order valence-electron chi connectivity index (χ3n) is 15.0. The number of ether oxygens (including phenoxy) is 2. The number of fused-ring (bicyclic) bond motifs is 12. The second-order valence-corrected chi connectivity index (χ2v) is 16.4. The molecular weight excluding hydrogens is 653 g/mol. The quantitative estimate of drug-likeness (QED) is 0.135. The van der Waals surface area contributed by atoms with Crippen LogP contribution in [0.25, 0.3) is 108 Å². The maximum Gasteiger partial charge on any atom is 0.318 e. The van der Waals surface area contributed by atoms with Crippen molar-refractivity contribution in [2.45, 2.75) is 23.7 Å². The van der Waals surface area contributed by atoms with Crippen LogP contribution in [0.5, 0.6) is 0 Å². The average molecular weight is 679 g/mol. The first-order valence-electron chi connectivity index (χ1n) is 18.6. The third kappa shape index (κ3) is 2.28. The molecule has 0 radical (unpaired) electrons. The molecule has 0 spiro atoms. The van der Waals surface area contributed by atoms with Gasteiger partial charge in [-0.2, -0.15) is 0 Å². The number of esters is 2. The number of carbonyl (C=O) groups excluding carboxylic acids is 2. The van der Waals surface area contributed by atoms with Gasteiger partial charge in [-0.25, -0.2) is 0 Å². The van der Waals surface area contributed by atoms with Crippen molar-refractivity contribution < 1.29 is 19.1 Å². The highest BCUT2D eigenvalue weighted by Crippen LogP contribution is 2.86. The molecule has 0 aromatic heterocycles. The maximum atomic E-state index is 15.2. The molecule has 15 rings (SSSR count). The van der Waals surface area contributed by atoms with E-state index in [9.17, 15) is 4.79 Å². The van der Waals surface area contributed by atoms with Crippen molar-refractivity contribution in [2.75, 3.05) is 14.2 Å². The topological polar surface area (TPSA) is 52.6 Å². The van der Waals surface area contributed by atoms with Crippen LogP contribution < -0.4 is 0 Å². The molecule has 246 valence electrons. The van der Waals surface area contributed by atoms with Crippen LogP contribution in [0.2, 0.25) is 0 Å². The zero-order valence-corrected chi connectivity index (χ0v) is 28.7. The SMILES string of the molecule is COC(=O)C12CC3c4c(c5ccc6ccc7ccc8ccc4c4c8c7c6c54)C1C2(C(=O)OC)c1c3c2ccc3ccc4ccc5ccc1c1c5c4c3c21. The highest BCUT2D eigenvalue weighted by Gasteiger charge is 2.90. The first-order chi connectivity index (χ1) is 26.0. The van der Waals surface area contributed by atoms with E-state index in [-0.39, 0.29) is 17.9 Å². The fourth-order valence-electron chi connectivity index (χ4n) is 13.5. The Morgan fingerprint density at radius 1 is 0.453 bits per heavy atom. The van der Waals surface area contributed by atoms with E-state index < -0.39 is 16.7 Å². The van der Waals surface area contributed by atoms with Gasteiger partial charge in [-0.1, -0.05) is 97.1 Å². The van der Waals surface area contributed by atoms with Crippen LogP contribution in [-0.2, 0) is 24.5 Å². The summed E-state index contributed by atoms with van der Waals surface area (Å²) in [5, 5.41) is 24.8. The third-order valence-corrected chi connectivity index (χ3v) is 15.0. The van der Waals surface area contributed by atoms with E-state index in [0.717, 1.165) is 21.9 Å². The lowest BCUT2D eigenvalue weighted by atomic mass is 9.64. The molecule has 1 saturated carbocycles. The molecule has 4 heteroatoms. The van der Waals surface area contributed by atoms with E-state index in [1.165, 1.54) is 122 Å². The van der Waals surface area contributed by atoms with Gasteiger partial charge in [-0.3, -0.25) is 9.59 Å². The molecule has 53 heavy (non-hydrogen) atoms. The summed E-state index contributed by atoms with van der Waals surface area (Å²) in [6, 6.07) is 36.1. The minimum absolute atomic E-state index is 0.142. The zero-order valence-electron chi connectivity index (χ0n) is 28.7. The van der Waals surface area contributed by atoms with Crippen molar-refractivity contribution in [3.63, 3.8) is 0 Å². The Balaban J connectivity index is 1.24. The van der Waals surface area contributed by atoms with Crippen molar-refractivity contribution in [1.29, 1.82) is 0 Å². The molecule has 4 atom stereocenters. The fraction of sp³-hybridized carbons (Fsp3) is 0.143. The maximum absolute atomic E-state index is 15.2. The number of hydrogen-bond donors (Lipinski definition) is 0. The minimum atomic E-state index is -1.25. The van der Waals surface area contributed by atoms with Gasteiger partial charge >= 0.3 is 11.9 Å². The van der Waals surface area contributed by atoms with Crippen molar-refractivity contribution in [3.05, 3.63) is 119 Å². The summed E-state index contributed by atoms with van der Waals surface area (Å²) >= 11 is 0. The summed E-state index contributed by atoms with van der Waals surface area (Å²) in [4.78, 5) is 29.9. The lowest BCUT2D eigenvalue weighted by Gasteiger charge is -2.38. The minimum Gasteiger partial charge on any atom is -0.469 e. The Morgan fingerprint density at radius 2 is 0.811 bits per heavy atom. The van der Waals surface area contributed by atoms with E-state index in [0.29, 0.717) is 6.42 Å². The van der Waals surface area contributed by atoms with Crippen LogP contribution in [0.4, 0.5) is 0 Å². The Labute approximate surface area is 300 Å². The number of methoxy groups -OCH3 is 2. The molecule has 4 unspecified atom stereocenters. The van der Waals surface area contributed by atoms with Gasteiger partial charge in [0.25, 0.3) is 0 Å². The predicted molar refractivity (Wildman–Crippen MR) is 212 cm³/mol. The van der Waals surface area contributed by atoms with Crippen LogP contribution in [0.3, 0.4) is 0 Å². The Bertz CT molecular complexity index is 3680. The second kappa shape index (κ2) is 7.74. The molecular formula is C49H26O4. The Kier molecular flexibility index (Phi) is 3.87. The molecule has 0 aliphatic heterocycles. The smallest absolute Gasteiger partial charge is 0.318 e. The normalized spacial score (nSPS) is 23.5. The molecule has 0 heterocycles. The standard InChI is InChI=1S/C49H26O4/c1-52-46(50)48-19-30-37-26-15-11-22-7-3-20-4-9-24-13-17-28(41-35(24)31(20)33(22)39(26)41)43(37)45(48)49(48,47(51)53-2)44-29-18-14-25-10-6-21-5-8-23-12-16-27(38(30)44)40-34(23)32(21)36(25)42(29)40/h3-18,30,45H,19H2,1-2H3. The van der Waals surface area contributed by atoms with E-state index in [4.69, 9.17) is 9.47 Å². The van der Waals surface area contributed by atoms with E-state index in [1.54, 1.807) is 0 Å². The summed E-state index contributed by atoms with van der Waals surface area (Å²) in [6.45, 7) is 0. The summed E-state index contributed by atoms with van der Waals surface area (Å²) in [7, 11) is 2.97. The molecule has 12 aromatic rings. The molecule has 4 nitrogen and oxygen atoms in total. The molecule has 0 saturated heterocycles. The van der Waals surface area contributed by atoms with Gasteiger partial charge in [-0.15, -0.1) is 0 Å². The molecule has 1 fully saturated rings. The molecule has 0 amide bonds. The lowest BCUT2D eigenvalue weighted by molar-refractivity contribution is -0.155. The average Bonchev–Trinajstić information content (AvgIpc) is 3.52. The monoisotopic (exact) mass is 678 g/mol. The Morgan fingerprint density at radius 3 is 1.26 bits per heavy atom. The van der Waals surface area contributed by atoms with Gasteiger partial charge in [0.1, 0.15) is 5.41 Å². The van der Waals surface area contributed by atoms with Crippen LogP contribution in [0.1, 0.15) is 40.5 Å². The van der Waals surface area contributed by atoms with Crippen molar-refractivity contribution >= 4 is 120 Å². The van der Waals surface area contributed by atoms with Crippen molar-refractivity contribution in [1.82, 2.24) is 0 Å². The molecule has 12 aromatic carbocycles. The first kappa shape index (κ1) is 26.5. The second-order valence-electron chi connectivity index (χ2n) is 16.4. The van der Waals surface area contributed by atoms with Crippen LogP contribution in [0, 0.1) is 5.41 Å². The number of carbonyl (C=O) groups is 2. The van der Waals surface area contributed by atoms with E-state index >= 15 is 4.79 Å². The van der Waals surface area contributed by atoms with Crippen LogP contribution >= 0.6 is 0 Å². The highest BCUT2D eigenvalue weighted by molar-refractivity contribution is 6.47. The van der Waals surface area contributed by atoms with Crippen molar-refractivity contribution in [3.8, 4) is 0 Å². The largest absolute Gasteiger partial charge is 0.469 e. The first-order valence-corrected chi connectivity index (χ1v) is 18.6. The number of rotatable bonds is 2. The van der Waals surface area contributed by atoms with Gasteiger partial charge in [-0.05, 0) is 136 Å². The van der Waals surface area contributed by atoms with Gasteiger partial charge in [0.2, 0.25) is 0 Å².